The van der Waals surface area contributed by atoms with Crippen molar-refractivity contribution in [1.82, 2.24) is 0 Å². The van der Waals surface area contributed by atoms with E-state index in [1.165, 1.54) is 70.6 Å². The molecule has 1 saturated carbocycles. The zero-order valence-electron chi connectivity index (χ0n) is 12.8. The Morgan fingerprint density at radius 3 is 2.61 bits per heavy atom. The fraction of sp³-hybridized carbons (Fsp3) is 0.889. The Kier molecular flexibility index (Phi) is 8.80. The first kappa shape index (κ1) is 16.1. The lowest BCUT2D eigenvalue weighted by Crippen LogP contribution is -2.21. The van der Waals surface area contributed by atoms with E-state index in [4.69, 9.17) is 0 Å². The molecule has 0 heteroatoms. The lowest BCUT2D eigenvalue weighted by Gasteiger charge is -2.32. The number of hydrogen-bond acceptors (Lipinski definition) is 0. The summed E-state index contributed by atoms with van der Waals surface area (Å²) >= 11 is 0. The third kappa shape index (κ3) is 5.33. The van der Waals surface area contributed by atoms with E-state index >= 15 is 0 Å². The molecule has 1 fully saturated rings. The fourth-order valence-corrected chi connectivity index (χ4v) is 3.76. The van der Waals surface area contributed by atoms with Gasteiger partial charge in [0.25, 0.3) is 0 Å². The molecule has 0 bridgehead atoms. The summed E-state index contributed by atoms with van der Waals surface area (Å²) in [4.78, 5) is 0. The molecule has 2 atom stereocenters. The fourth-order valence-electron chi connectivity index (χ4n) is 3.76. The molecule has 0 nitrogen and oxygen atoms in total. The van der Waals surface area contributed by atoms with E-state index in [0.29, 0.717) is 0 Å². The van der Waals surface area contributed by atoms with Gasteiger partial charge in [0.1, 0.15) is 0 Å². The summed E-state index contributed by atoms with van der Waals surface area (Å²) in [6, 6.07) is 0. The van der Waals surface area contributed by atoms with Crippen LogP contribution in [0.15, 0.2) is 0 Å². The van der Waals surface area contributed by atoms with E-state index in [1.807, 2.05) is 5.92 Å². The van der Waals surface area contributed by atoms with E-state index in [0.717, 1.165) is 18.3 Å². The van der Waals surface area contributed by atoms with E-state index in [9.17, 15) is 0 Å². The van der Waals surface area contributed by atoms with Crippen molar-refractivity contribution >= 4 is 0 Å². The van der Waals surface area contributed by atoms with Crippen LogP contribution in [0.5, 0.6) is 0 Å². The predicted molar refractivity (Wildman–Crippen MR) is 82.3 cm³/mol. The monoisotopic (exact) mass is 250 g/mol. The Labute approximate surface area is 116 Å². The maximum absolute atomic E-state index is 4.03. The van der Waals surface area contributed by atoms with Gasteiger partial charge in [0.2, 0.25) is 0 Å². The zero-order chi connectivity index (χ0) is 13.2. The van der Waals surface area contributed by atoms with Crippen molar-refractivity contribution in [3.05, 3.63) is 12.8 Å². The molecule has 0 aromatic heterocycles. The third-order valence-corrected chi connectivity index (χ3v) is 4.64. The molecule has 2 unspecified atom stereocenters. The first-order valence-corrected chi connectivity index (χ1v) is 8.48. The Morgan fingerprint density at radius 1 is 1.11 bits per heavy atom. The van der Waals surface area contributed by atoms with Crippen LogP contribution >= 0.6 is 0 Å². The minimum absolute atomic E-state index is 0.923. The van der Waals surface area contributed by atoms with Gasteiger partial charge in [-0.2, -0.15) is 0 Å². The molecule has 1 rings (SSSR count). The summed E-state index contributed by atoms with van der Waals surface area (Å²) in [5, 5.41) is 0. The highest BCUT2D eigenvalue weighted by atomic mass is 14.3. The van der Waals surface area contributed by atoms with Crippen LogP contribution in [0, 0.1) is 24.7 Å². The smallest absolute Gasteiger partial charge is 0.0179 e. The van der Waals surface area contributed by atoms with Crippen molar-refractivity contribution in [1.29, 1.82) is 0 Å². The van der Waals surface area contributed by atoms with E-state index in [1.54, 1.807) is 0 Å². The maximum atomic E-state index is 4.03. The minimum Gasteiger partial charge on any atom is -0.0654 e. The Bertz CT molecular complexity index is 184. The summed E-state index contributed by atoms with van der Waals surface area (Å²) < 4.78 is 0. The van der Waals surface area contributed by atoms with Gasteiger partial charge >= 0.3 is 0 Å². The average Bonchev–Trinajstić information content (AvgIpc) is 2.61. The summed E-state index contributed by atoms with van der Waals surface area (Å²) in [6.45, 7) is 8.73. The van der Waals surface area contributed by atoms with Gasteiger partial charge in [-0.3, -0.25) is 0 Å². The van der Waals surface area contributed by atoms with Gasteiger partial charge in [0.05, 0.1) is 0 Å². The molecule has 0 heterocycles. The highest BCUT2D eigenvalue weighted by Gasteiger charge is 2.29. The Balaban J connectivity index is 2.62. The lowest BCUT2D eigenvalue weighted by atomic mass is 9.73. The zero-order valence-corrected chi connectivity index (χ0v) is 12.8. The predicted octanol–water partition coefficient (Wildman–Crippen LogP) is 6.36. The molecule has 0 spiro atoms. The van der Waals surface area contributed by atoms with E-state index in [-0.39, 0.29) is 0 Å². The van der Waals surface area contributed by atoms with E-state index < -0.39 is 0 Å². The van der Waals surface area contributed by atoms with Gasteiger partial charge in [0.15, 0.2) is 0 Å². The van der Waals surface area contributed by atoms with Crippen molar-refractivity contribution in [2.45, 2.75) is 90.9 Å². The highest BCUT2D eigenvalue weighted by Crippen LogP contribution is 2.41. The molecule has 1 aliphatic carbocycles. The van der Waals surface area contributed by atoms with Crippen molar-refractivity contribution in [2.24, 2.45) is 11.8 Å². The van der Waals surface area contributed by atoms with Crippen LogP contribution in [0.25, 0.3) is 0 Å². The van der Waals surface area contributed by atoms with Gasteiger partial charge in [-0.1, -0.05) is 78.6 Å². The van der Waals surface area contributed by atoms with Crippen LogP contribution in [-0.2, 0) is 0 Å². The standard InChI is InChI=1S/C18H34/c1-4-7-13-16(11-5-2)18-15-10-8-9-14-17(18)12-6-3/h16-17H,1,4-15H2,2-3H3. The molecule has 0 aromatic rings. The molecule has 0 aliphatic heterocycles. The van der Waals surface area contributed by atoms with Gasteiger partial charge in [-0.05, 0) is 37.0 Å². The summed E-state index contributed by atoms with van der Waals surface area (Å²) in [5.41, 5.74) is 0. The molecular formula is C18H34. The Hall–Kier alpha value is 0. The van der Waals surface area contributed by atoms with E-state index in [2.05, 4.69) is 20.8 Å². The van der Waals surface area contributed by atoms with Crippen LogP contribution in [0.4, 0.5) is 0 Å². The first-order valence-electron chi connectivity index (χ1n) is 8.48. The van der Waals surface area contributed by atoms with Gasteiger partial charge in [-0.15, -0.1) is 0 Å². The third-order valence-electron chi connectivity index (χ3n) is 4.64. The van der Waals surface area contributed by atoms with Gasteiger partial charge in [-0.25, -0.2) is 0 Å². The molecule has 18 heavy (non-hydrogen) atoms. The van der Waals surface area contributed by atoms with Crippen LogP contribution < -0.4 is 0 Å². The number of hydrogen-bond donors (Lipinski definition) is 0. The maximum Gasteiger partial charge on any atom is -0.0179 e. The average molecular weight is 250 g/mol. The molecule has 106 valence electrons. The van der Waals surface area contributed by atoms with Crippen LogP contribution in [-0.4, -0.2) is 0 Å². The quantitative estimate of drug-likeness (QED) is 0.439. The van der Waals surface area contributed by atoms with Gasteiger partial charge in [0, 0.05) is 0 Å². The number of unbranched alkanes of at least 4 members (excludes halogenated alkanes) is 1. The summed E-state index contributed by atoms with van der Waals surface area (Å²) in [6.07, 6.45) is 16.8. The summed E-state index contributed by atoms with van der Waals surface area (Å²) in [5.74, 6) is 3.84. The largest absolute Gasteiger partial charge is 0.0654 e. The Morgan fingerprint density at radius 2 is 1.94 bits per heavy atom. The highest BCUT2D eigenvalue weighted by molar-refractivity contribution is 5.02. The minimum atomic E-state index is 0.923. The topological polar surface area (TPSA) is 0 Å². The SMILES string of the molecule is [CH2]CCCC(CCC)[C]1CCCCCC1CCC. The van der Waals surface area contributed by atoms with Crippen LogP contribution in [0.1, 0.15) is 90.9 Å². The molecule has 0 amide bonds. The second-order valence-electron chi connectivity index (χ2n) is 6.14. The van der Waals surface area contributed by atoms with Crippen molar-refractivity contribution in [3.63, 3.8) is 0 Å². The normalized spacial score (nSPS) is 23.8. The summed E-state index contributed by atoms with van der Waals surface area (Å²) in [7, 11) is 0. The van der Waals surface area contributed by atoms with Crippen molar-refractivity contribution < 1.29 is 0 Å². The molecule has 0 N–H and O–H groups in total. The van der Waals surface area contributed by atoms with Crippen LogP contribution in [0.2, 0.25) is 0 Å². The second-order valence-corrected chi connectivity index (χ2v) is 6.14. The van der Waals surface area contributed by atoms with Crippen molar-refractivity contribution in [2.75, 3.05) is 0 Å². The van der Waals surface area contributed by atoms with Gasteiger partial charge < -0.3 is 0 Å². The molecule has 0 aromatic carbocycles. The second kappa shape index (κ2) is 9.87. The molecule has 1 aliphatic rings. The molecule has 0 saturated heterocycles. The number of rotatable bonds is 8. The van der Waals surface area contributed by atoms with Crippen LogP contribution in [0.3, 0.4) is 0 Å². The first-order chi connectivity index (χ1) is 8.83. The molecule has 2 radical (unpaired) electrons. The molecular weight excluding hydrogens is 216 g/mol. The van der Waals surface area contributed by atoms with Crippen molar-refractivity contribution in [3.8, 4) is 0 Å². The lowest BCUT2D eigenvalue weighted by molar-refractivity contribution is 0.332.